The van der Waals surface area contributed by atoms with Crippen molar-refractivity contribution in [3.05, 3.63) is 29.3 Å². The van der Waals surface area contributed by atoms with Gasteiger partial charge in [-0.2, -0.15) is 4.31 Å². The summed E-state index contributed by atoms with van der Waals surface area (Å²) in [5, 5.41) is 0. The van der Waals surface area contributed by atoms with Crippen LogP contribution in [0.5, 0.6) is 0 Å². The highest BCUT2D eigenvalue weighted by molar-refractivity contribution is 7.89. The largest absolute Gasteiger partial charge is 0.243 e. The van der Waals surface area contributed by atoms with Crippen LogP contribution in [0.2, 0.25) is 0 Å². The van der Waals surface area contributed by atoms with Crippen molar-refractivity contribution < 1.29 is 8.42 Å². The van der Waals surface area contributed by atoms with E-state index >= 15 is 0 Å². The highest BCUT2D eigenvalue weighted by Crippen LogP contribution is 2.30. The highest BCUT2D eigenvalue weighted by Gasteiger charge is 2.32. The molecule has 112 valence electrons. The molecule has 1 aromatic carbocycles. The quantitative estimate of drug-likeness (QED) is 0.777. The zero-order valence-corrected chi connectivity index (χ0v) is 13.7. The Morgan fingerprint density at radius 2 is 1.95 bits per heavy atom. The van der Waals surface area contributed by atoms with Gasteiger partial charge in [0.1, 0.15) is 0 Å². The second-order valence-electron chi connectivity index (χ2n) is 5.38. The fourth-order valence-electron chi connectivity index (χ4n) is 2.95. The smallest absolute Gasteiger partial charge is 0.207 e. The Kier molecular flexibility index (Phi) is 5.10. The molecule has 1 saturated carbocycles. The molecule has 0 aromatic heterocycles. The van der Waals surface area contributed by atoms with Crippen molar-refractivity contribution in [2.45, 2.75) is 56.3 Å². The molecular weight excluding hydrogens is 294 g/mol. The Morgan fingerprint density at radius 3 is 2.50 bits per heavy atom. The van der Waals surface area contributed by atoms with Crippen molar-refractivity contribution in [2.75, 3.05) is 6.54 Å². The van der Waals surface area contributed by atoms with Crippen LogP contribution in [0.15, 0.2) is 23.1 Å². The molecule has 1 aliphatic carbocycles. The number of hydrogen-bond acceptors (Lipinski definition) is 2. The number of aryl methyl sites for hydroxylation is 1. The summed E-state index contributed by atoms with van der Waals surface area (Å²) in [4.78, 5) is 0.407. The zero-order valence-electron chi connectivity index (χ0n) is 12.1. The van der Waals surface area contributed by atoms with Crippen LogP contribution >= 0.6 is 11.6 Å². The van der Waals surface area contributed by atoms with E-state index in [9.17, 15) is 8.42 Å². The number of benzene rings is 1. The first-order valence-electron chi connectivity index (χ1n) is 7.18. The molecule has 2 rings (SSSR count). The number of rotatable bonds is 5. The minimum absolute atomic E-state index is 0.157. The average molecular weight is 316 g/mol. The van der Waals surface area contributed by atoms with E-state index in [2.05, 4.69) is 0 Å². The standard InChI is InChI=1S/C15H22ClNO2S/c1-3-17(14-6-4-5-7-14)20(18,19)15-10-13(11-16)9-8-12(15)2/h8-10,14H,3-7,11H2,1-2H3. The minimum atomic E-state index is -3.42. The lowest BCUT2D eigenvalue weighted by atomic mass is 10.2. The predicted octanol–water partition coefficient (Wildman–Crippen LogP) is 3.69. The lowest BCUT2D eigenvalue weighted by Crippen LogP contribution is -2.38. The normalized spacial score (nSPS) is 17.0. The summed E-state index contributed by atoms with van der Waals surface area (Å²) in [5.74, 6) is 0.332. The van der Waals surface area contributed by atoms with Crippen molar-refractivity contribution in [2.24, 2.45) is 0 Å². The van der Waals surface area contributed by atoms with Gasteiger partial charge in [-0.3, -0.25) is 0 Å². The van der Waals surface area contributed by atoms with Crippen molar-refractivity contribution in [3.8, 4) is 0 Å². The second kappa shape index (κ2) is 6.46. The van der Waals surface area contributed by atoms with Crippen LogP contribution < -0.4 is 0 Å². The third-order valence-corrected chi connectivity index (χ3v) is 6.52. The number of alkyl halides is 1. The van der Waals surface area contributed by atoms with Gasteiger partial charge in [0, 0.05) is 18.5 Å². The number of nitrogens with zero attached hydrogens (tertiary/aromatic N) is 1. The van der Waals surface area contributed by atoms with Gasteiger partial charge in [-0.15, -0.1) is 11.6 Å². The third kappa shape index (κ3) is 3.02. The first kappa shape index (κ1) is 15.8. The average Bonchev–Trinajstić information content (AvgIpc) is 2.93. The first-order valence-corrected chi connectivity index (χ1v) is 9.15. The van der Waals surface area contributed by atoms with Crippen molar-refractivity contribution >= 4 is 21.6 Å². The van der Waals surface area contributed by atoms with Gasteiger partial charge in [-0.25, -0.2) is 8.42 Å². The van der Waals surface area contributed by atoms with Crippen LogP contribution in [0.25, 0.3) is 0 Å². The molecule has 0 N–H and O–H groups in total. The lowest BCUT2D eigenvalue weighted by Gasteiger charge is -2.27. The van der Waals surface area contributed by atoms with E-state index < -0.39 is 10.0 Å². The first-order chi connectivity index (χ1) is 9.50. The summed E-state index contributed by atoms with van der Waals surface area (Å²) in [6.07, 6.45) is 4.19. The van der Waals surface area contributed by atoms with Crippen molar-refractivity contribution in [1.82, 2.24) is 4.31 Å². The van der Waals surface area contributed by atoms with Gasteiger partial charge in [0.2, 0.25) is 10.0 Å². The summed E-state index contributed by atoms with van der Waals surface area (Å²) in [5.41, 5.74) is 1.63. The summed E-state index contributed by atoms with van der Waals surface area (Å²) in [6, 6.07) is 5.60. The molecule has 1 aromatic rings. The third-order valence-electron chi connectivity index (χ3n) is 4.04. The van der Waals surface area contributed by atoms with Gasteiger partial charge in [0.05, 0.1) is 4.90 Å². The maximum atomic E-state index is 12.9. The van der Waals surface area contributed by atoms with E-state index in [-0.39, 0.29) is 6.04 Å². The zero-order chi connectivity index (χ0) is 14.8. The highest BCUT2D eigenvalue weighted by atomic mass is 35.5. The van der Waals surface area contributed by atoms with Crippen LogP contribution in [0.1, 0.15) is 43.7 Å². The fraction of sp³-hybridized carbons (Fsp3) is 0.600. The Balaban J connectivity index is 2.42. The van der Waals surface area contributed by atoms with Gasteiger partial charge in [0.25, 0.3) is 0 Å². The summed E-state index contributed by atoms with van der Waals surface area (Å²) in [7, 11) is -3.42. The van der Waals surface area contributed by atoms with Crippen LogP contribution in [0, 0.1) is 6.92 Å². The molecule has 1 aliphatic rings. The summed E-state index contributed by atoms with van der Waals surface area (Å²) in [6.45, 7) is 4.28. The second-order valence-corrected chi connectivity index (χ2v) is 7.51. The maximum Gasteiger partial charge on any atom is 0.243 e. The van der Waals surface area contributed by atoms with E-state index in [0.717, 1.165) is 36.8 Å². The van der Waals surface area contributed by atoms with E-state index in [1.807, 2.05) is 26.0 Å². The van der Waals surface area contributed by atoms with Crippen LogP contribution in [-0.4, -0.2) is 25.3 Å². The molecule has 20 heavy (non-hydrogen) atoms. The molecule has 0 spiro atoms. The fourth-order valence-corrected chi connectivity index (χ4v) is 5.09. The molecule has 1 fully saturated rings. The number of hydrogen-bond donors (Lipinski definition) is 0. The predicted molar refractivity (Wildman–Crippen MR) is 82.6 cm³/mol. The van der Waals surface area contributed by atoms with Gasteiger partial charge >= 0.3 is 0 Å². The molecule has 3 nitrogen and oxygen atoms in total. The molecule has 0 radical (unpaired) electrons. The monoisotopic (exact) mass is 315 g/mol. The van der Waals surface area contributed by atoms with Gasteiger partial charge in [0.15, 0.2) is 0 Å². The van der Waals surface area contributed by atoms with Gasteiger partial charge in [-0.1, -0.05) is 31.9 Å². The summed E-state index contributed by atoms with van der Waals surface area (Å²) >= 11 is 5.83. The van der Waals surface area contributed by atoms with E-state index in [0.29, 0.717) is 17.3 Å². The molecule has 0 unspecified atom stereocenters. The van der Waals surface area contributed by atoms with E-state index in [1.165, 1.54) is 0 Å². The lowest BCUT2D eigenvalue weighted by molar-refractivity contribution is 0.335. The molecule has 0 bridgehead atoms. The summed E-state index contributed by atoms with van der Waals surface area (Å²) < 4.78 is 27.5. The topological polar surface area (TPSA) is 37.4 Å². The van der Waals surface area contributed by atoms with Crippen LogP contribution in [0.3, 0.4) is 0 Å². The van der Waals surface area contributed by atoms with E-state index in [1.54, 1.807) is 10.4 Å². The van der Waals surface area contributed by atoms with Crippen molar-refractivity contribution in [3.63, 3.8) is 0 Å². The number of sulfonamides is 1. The molecule has 0 amide bonds. The number of halogens is 1. The molecule has 0 aliphatic heterocycles. The van der Waals surface area contributed by atoms with Crippen molar-refractivity contribution in [1.29, 1.82) is 0 Å². The van der Waals surface area contributed by atoms with E-state index in [4.69, 9.17) is 11.6 Å². The van der Waals surface area contributed by atoms with Gasteiger partial charge < -0.3 is 0 Å². The van der Waals surface area contributed by atoms with Gasteiger partial charge in [-0.05, 0) is 37.0 Å². The maximum absolute atomic E-state index is 12.9. The Labute approximate surface area is 127 Å². The minimum Gasteiger partial charge on any atom is -0.207 e. The Bertz CT molecular complexity index is 565. The van der Waals surface area contributed by atoms with Crippen LogP contribution in [-0.2, 0) is 15.9 Å². The Morgan fingerprint density at radius 1 is 1.30 bits per heavy atom. The van der Waals surface area contributed by atoms with Crippen LogP contribution in [0.4, 0.5) is 0 Å². The molecule has 0 heterocycles. The molecular formula is C15H22ClNO2S. The molecule has 5 heteroatoms. The SMILES string of the molecule is CCN(C1CCCC1)S(=O)(=O)c1cc(CCl)ccc1C. The molecule has 0 atom stereocenters. The molecule has 0 saturated heterocycles. The Hall–Kier alpha value is -0.580.